The van der Waals surface area contributed by atoms with Gasteiger partial charge in [0.2, 0.25) is 11.7 Å². The van der Waals surface area contributed by atoms with Crippen molar-refractivity contribution in [2.75, 3.05) is 19.1 Å². The Labute approximate surface area is 236 Å². The van der Waals surface area contributed by atoms with E-state index in [0.29, 0.717) is 28.6 Å². The van der Waals surface area contributed by atoms with Crippen molar-refractivity contribution in [3.8, 4) is 22.2 Å². The summed E-state index contributed by atoms with van der Waals surface area (Å²) in [6.45, 7) is 1.73. The van der Waals surface area contributed by atoms with E-state index in [1.54, 1.807) is 32.4 Å². The molecular formula is C29H32N6O4S. The molecule has 2 amide bonds. The molecule has 40 heavy (non-hydrogen) atoms. The van der Waals surface area contributed by atoms with Gasteiger partial charge in [0.25, 0.3) is 5.91 Å². The zero-order valence-corrected chi connectivity index (χ0v) is 23.6. The summed E-state index contributed by atoms with van der Waals surface area (Å²) in [7, 11) is 3.10. The fourth-order valence-electron chi connectivity index (χ4n) is 5.03. The standard InChI is InChI=1S/C29H32N6O4S/c1-19-8-6-11-21(16-19)35(26(36)18-34-32-28(31-33-34)25-12-7-15-40-25)27(29(37)30-20-9-4-5-10-20)23-17-22(38-2)13-14-24(23)39-3/h6-8,11-17,20,27H,4-5,9-10,18H2,1-3H3,(H,30,37)/t27-/m1/s1. The number of ether oxygens (including phenoxy) is 2. The number of amides is 2. The quantitative estimate of drug-likeness (QED) is 0.303. The van der Waals surface area contributed by atoms with Gasteiger partial charge in [-0.05, 0) is 72.3 Å². The first kappa shape index (κ1) is 27.3. The molecule has 4 aromatic rings. The number of aryl methyl sites for hydroxylation is 1. The van der Waals surface area contributed by atoms with Gasteiger partial charge < -0.3 is 14.8 Å². The number of carbonyl (C=O) groups excluding carboxylic acids is 2. The molecule has 5 rings (SSSR count). The van der Waals surface area contributed by atoms with Crippen LogP contribution in [0.1, 0.15) is 42.9 Å². The third-order valence-corrected chi connectivity index (χ3v) is 7.82. The topological polar surface area (TPSA) is 111 Å². The summed E-state index contributed by atoms with van der Waals surface area (Å²) in [6.07, 6.45) is 3.92. The number of thiophene rings is 1. The number of carbonyl (C=O) groups is 2. The highest BCUT2D eigenvalue weighted by atomic mass is 32.1. The van der Waals surface area contributed by atoms with Crippen molar-refractivity contribution in [3.05, 3.63) is 71.1 Å². The lowest BCUT2D eigenvalue weighted by Crippen LogP contribution is -2.47. The van der Waals surface area contributed by atoms with E-state index in [1.807, 2.05) is 48.7 Å². The van der Waals surface area contributed by atoms with Crippen molar-refractivity contribution >= 4 is 28.8 Å². The molecule has 0 bridgehead atoms. The maximum atomic E-state index is 14.2. The minimum Gasteiger partial charge on any atom is -0.497 e. The molecule has 1 aliphatic carbocycles. The van der Waals surface area contributed by atoms with Crippen LogP contribution in [-0.2, 0) is 16.1 Å². The second kappa shape index (κ2) is 12.3. The van der Waals surface area contributed by atoms with E-state index in [4.69, 9.17) is 9.47 Å². The predicted molar refractivity (Wildman–Crippen MR) is 152 cm³/mol. The highest BCUT2D eigenvalue weighted by molar-refractivity contribution is 7.13. The third kappa shape index (κ3) is 5.99. The highest BCUT2D eigenvalue weighted by Gasteiger charge is 2.37. The first-order valence-electron chi connectivity index (χ1n) is 13.2. The normalized spacial score (nSPS) is 14.1. The van der Waals surface area contributed by atoms with Gasteiger partial charge in [0.05, 0.1) is 19.1 Å². The van der Waals surface area contributed by atoms with Crippen LogP contribution < -0.4 is 19.7 Å². The number of aromatic nitrogens is 4. The Morgan fingerprint density at radius 1 is 1.10 bits per heavy atom. The maximum absolute atomic E-state index is 14.2. The summed E-state index contributed by atoms with van der Waals surface area (Å²) < 4.78 is 11.2. The maximum Gasteiger partial charge on any atom is 0.251 e. The average molecular weight is 561 g/mol. The van der Waals surface area contributed by atoms with Gasteiger partial charge in [-0.2, -0.15) is 4.80 Å². The Bertz CT molecular complexity index is 1460. The van der Waals surface area contributed by atoms with Crippen LogP contribution in [0.15, 0.2) is 60.0 Å². The number of rotatable bonds is 10. The van der Waals surface area contributed by atoms with Crippen molar-refractivity contribution in [2.24, 2.45) is 0 Å². The van der Waals surface area contributed by atoms with Crippen LogP contribution in [0, 0.1) is 6.92 Å². The molecule has 1 atom stereocenters. The highest BCUT2D eigenvalue weighted by Crippen LogP contribution is 2.37. The number of tetrazole rings is 1. The van der Waals surface area contributed by atoms with Crippen LogP contribution in [0.25, 0.3) is 10.7 Å². The van der Waals surface area contributed by atoms with Crippen LogP contribution >= 0.6 is 11.3 Å². The SMILES string of the molecule is COc1ccc(OC)c([C@H](C(=O)NC2CCCC2)N(C(=O)Cn2nnc(-c3cccs3)n2)c2cccc(C)c2)c1. The van der Waals surface area contributed by atoms with Gasteiger partial charge in [-0.3, -0.25) is 14.5 Å². The van der Waals surface area contributed by atoms with Gasteiger partial charge in [0.15, 0.2) is 0 Å². The van der Waals surface area contributed by atoms with Crippen LogP contribution in [0.5, 0.6) is 11.5 Å². The fourth-order valence-corrected chi connectivity index (χ4v) is 5.68. The van der Waals surface area contributed by atoms with E-state index >= 15 is 0 Å². The molecule has 2 heterocycles. The Balaban J connectivity index is 1.58. The molecule has 1 aliphatic rings. The molecule has 2 aromatic heterocycles. The lowest BCUT2D eigenvalue weighted by Gasteiger charge is -2.33. The van der Waals surface area contributed by atoms with Crippen molar-refractivity contribution in [1.82, 2.24) is 25.5 Å². The zero-order chi connectivity index (χ0) is 28.1. The average Bonchev–Trinajstić information content (AvgIpc) is 3.75. The largest absolute Gasteiger partial charge is 0.497 e. The monoisotopic (exact) mass is 560 g/mol. The Hall–Kier alpha value is -4.25. The van der Waals surface area contributed by atoms with Crippen molar-refractivity contribution in [2.45, 2.75) is 51.2 Å². The summed E-state index contributed by atoms with van der Waals surface area (Å²) in [5.74, 6) is 0.785. The predicted octanol–water partition coefficient (Wildman–Crippen LogP) is 4.56. The second-order valence-corrected chi connectivity index (χ2v) is 10.7. The van der Waals surface area contributed by atoms with Gasteiger partial charge in [-0.1, -0.05) is 31.0 Å². The summed E-state index contributed by atoms with van der Waals surface area (Å²) in [6, 6.07) is 15.6. The first-order chi connectivity index (χ1) is 19.5. The van der Waals surface area contributed by atoms with E-state index in [2.05, 4.69) is 20.7 Å². The minimum absolute atomic E-state index is 0.0476. The summed E-state index contributed by atoms with van der Waals surface area (Å²) >= 11 is 1.49. The van der Waals surface area contributed by atoms with E-state index in [1.165, 1.54) is 21.0 Å². The Morgan fingerprint density at radius 2 is 1.93 bits per heavy atom. The molecule has 1 fully saturated rings. The molecule has 1 N–H and O–H groups in total. The van der Waals surface area contributed by atoms with Gasteiger partial charge in [-0.25, -0.2) is 0 Å². The van der Waals surface area contributed by atoms with Gasteiger partial charge in [0, 0.05) is 17.3 Å². The molecule has 0 unspecified atom stereocenters. The van der Waals surface area contributed by atoms with Crippen LogP contribution in [0.4, 0.5) is 5.69 Å². The Morgan fingerprint density at radius 3 is 2.62 bits per heavy atom. The summed E-state index contributed by atoms with van der Waals surface area (Å²) in [5, 5.41) is 17.8. The van der Waals surface area contributed by atoms with E-state index in [0.717, 1.165) is 36.1 Å². The lowest BCUT2D eigenvalue weighted by molar-refractivity contribution is -0.127. The van der Waals surface area contributed by atoms with Crippen LogP contribution in [0.2, 0.25) is 0 Å². The first-order valence-corrected chi connectivity index (χ1v) is 14.1. The lowest BCUT2D eigenvalue weighted by atomic mass is 10.00. The number of benzene rings is 2. The molecule has 0 saturated heterocycles. The molecule has 0 radical (unpaired) electrons. The second-order valence-electron chi connectivity index (χ2n) is 9.72. The van der Waals surface area contributed by atoms with E-state index in [-0.39, 0.29) is 24.4 Å². The minimum atomic E-state index is -1.04. The van der Waals surface area contributed by atoms with Gasteiger partial charge in [0.1, 0.15) is 24.1 Å². The number of methoxy groups -OCH3 is 2. The Kier molecular flexibility index (Phi) is 8.40. The molecule has 0 aliphatic heterocycles. The number of nitrogens with zero attached hydrogens (tertiary/aromatic N) is 5. The van der Waals surface area contributed by atoms with Crippen molar-refractivity contribution in [1.29, 1.82) is 0 Å². The van der Waals surface area contributed by atoms with Crippen LogP contribution in [0.3, 0.4) is 0 Å². The molecule has 1 saturated carbocycles. The molecule has 11 heteroatoms. The molecule has 0 spiro atoms. The smallest absolute Gasteiger partial charge is 0.251 e. The molecular weight excluding hydrogens is 528 g/mol. The number of nitrogens with one attached hydrogen (secondary N) is 1. The van der Waals surface area contributed by atoms with Gasteiger partial charge >= 0.3 is 0 Å². The van der Waals surface area contributed by atoms with Crippen LogP contribution in [-0.4, -0.2) is 52.3 Å². The number of hydrogen-bond acceptors (Lipinski definition) is 8. The summed E-state index contributed by atoms with van der Waals surface area (Å²) in [5.41, 5.74) is 2.03. The van der Waals surface area contributed by atoms with E-state index in [9.17, 15) is 9.59 Å². The molecule has 208 valence electrons. The molecule has 10 nitrogen and oxygen atoms in total. The zero-order valence-electron chi connectivity index (χ0n) is 22.7. The fraction of sp³-hybridized carbons (Fsp3) is 0.345. The van der Waals surface area contributed by atoms with Crippen molar-refractivity contribution < 1.29 is 19.1 Å². The van der Waals surface area contributed by atoms with Gasteiger partial charge in [-0.15, -0.1) is 21.5 Å². The third-order valence-electron chi connectivity index (χ3n) is 6.96. The van der Waals surface area contributed by atoms with E-state index < -0.39 is 6.04 Å². The number of hydrogen-bond donors (Lipinski definition) is 1. The molecule has 2 aromatic carbocycles. The van der Waals surface area contributed by atoms with Crippen molar-refractivity contribution in [3.63, 3.8) is 0 Å². The number of anilines is 1. The summed E-state index contributed by atoms with van der Waals surface area (Å²) in [4.78, 5) is 31.9.